The Labute approximate surface area is 82.0 Å². The zero-order chi connectivity index (χ0) is 9.80. The lowest BCUT2D eigenvalue weighted by atomic mass is 10.5. The zero-order valence-electron chi connectivity index (χ0n) is 7.86. The van der Waals surface area contributed by atoms with Crippen LogP contribution in [0.5, 0.6) is 0 Å². The van der Waals surface area contributed by atoms with Gasteiger partial charge in [-0.2, -0.15) is 4.98 Å². The molecule has 2 aromatic heterocycles. The number of rotatable bonds is 2. The molecule has 4 nitrogen and oxygen atoms in total. The van der Waals surface area contributed by atoms with Crippen molar-refractivity contribution in [2.24, 2.45) is 0 Å². The zero-order valence-corrected chi connectivity index (χ0v) is 7.86. The van der Waals surface area contributed by atoms with Crippen LogP contribution in [-0.4, -0.2) is 21.1 Å². The summed E-state index contributed by atoms with van der Waals surface area (Å²) in [7, 11) is 0. The molecule has 0 aromatic carbocycles. The first-order valence-corrected chi connectivity index (χ1v) is 4.35. The summed E-state index contributed by atoms with van der Waals surface area (Å²) in [4.78, 5) is 4.26. The molecule has 0 spiro atoms. The number of anilines is 1. The molecular formula is C10H10N4. The summed E-state index contributed by atoms with van der Waals surface area (Å²) in [6, 6.07) is 5.75. The summed E-state index contributed by atoms with van der Waals surface area (Å²) in [5.41, 5.74) is 0.833. The Morgan fingerprint density at radius 3 is 3.21 bits per heavy atom. The predicted octanol–water partition coefficient (Wildman–Crippen LogP) is 1.16. The minimum absolute atomic E-state index is 0.577. The van der Waals surface area contributed by atoms with E-state index in [2.05, 4.69) is 27.2 Å². The molecule has 70 valence electrons. The van der Waals surface area contributed by atoms with Crippen LogP contribution in [0.25, 0.3) is 5.65 Å². The van der Waals surface area contributed by atoms with Crippen LogP contribution in [0.1, 0.15) is 6.92 Å². The molecule has 0 aliphatic rings. The Morgan fingerprint density at radius 2 is 2.43 bits per heavy atom. The third-order valence-corrected chi connectivity index (χ3v) is 1.75. The van der Waals surface area contributed by atoms with Crippen molar-refractivity contribution in [3.63, 3.8) is 0 Å². The second-order valence-corrected chi connectivity index (χ2v) is 2.72. The third kappa shape index (κ3) is 1.67. The lowest BCUT2D eigenvalue weighted by Crippen LogP contribution is -2.00. The standard InChI is InChI=1S/C10H10N4/c1-2-3-7-11-10-12-9-6-4-5-8-14(9)13-10/h4-6,8H,7H2,1H3,(H,11,13). The Balaban J connectivity index is 2.21. The van der Waals surface area contributed by atoms with E-state index in [1.165, 1.54) is 0 Å². The van der Waals surface area contributed by atoms with Crippen LogP contribution in [0.15, 0.2) is 24.4 Å². The average molecular weight is 186 g/mol. The van der Waals surface area contributed by atoms with E-state index < -0.39 is 0 Å². The van der Waals surface area contributed by atoms with E-state index in [1.54, 1.807) is 11.4 Å². The minimum Gasteiger partial charge on any atom is -0.342 e. The first-order chi connectivity index (χ1) is 6.90. The van der Waals surface area contributed by atoms with Crippen LogP contribution >= 0.6 is 0 Å². The van der Waals surface area contributed by atoms with Crippen molar-refractivity contribution >= 4 is 11.6 Å². The highest BCUT2D eigenvalue weighted by Gasteiger charge is 1.99. The average Bonchev–Trinajstić information content (AvgIpc) is 2.60. The van der Waals surface area contributed by atoms with Gasteiger partial charge in [0, 0.05) is 6.20 Å². The van der Waals surface area contributed by atoms with Crippen LogP contribution in [0.4, 0.5) is 5.95 Å². The molecule has 2 rings (SSSR count). The molecule has 2 aromatic rings. The first kappa shape index (κ1) is 8.57. The summed E-state index contributed by atoms with van der Waals surface area (Å²) in [5, 5.41) is 7.23. The molecule has 1 N–H and O–H groups in total. The van der Waals surface area contributed by atoms with Crippen molar-refractivity contribution in [2.45, 2.75) is 6.92 Å². The van der Waals surface area contributed by atoms with E-state index >= 15 is 0 Å². The van der Waals surface area contributed by atoms with E-state index in [0.717, 1.165) is 5.65 Å². The van der Waals surface area contributed by atoms with Crippen molar-refractivity contribution < 1.29 is 0 Å². The van der Waals surface area contributed by atoms with Crippen LogP contribution < -0.4 is 5.32 Å². The minimum atomic E-state index is 0.577. The van der Waals surface area contributed by atoms with Gasteiger partial charge in [0.05, 0.1) is 6.54 Å². The molecule has 0 unspecified atom stereocenters. The number of hydrogen-bond donors (Lipinski definition) is 1. The summed E-state index contributed by atoms with van der Waals surface area (Å²) < 4.78 is 1.72. The molecular weight excluding hydrogens is 176 g/mol. The Morgan fingerprint density at radius 1 is 1.50 bits per heavy atom. The van der Waals surface area contributed by atoms with E-state index in [1.807, 2.05) is 24.4 Å². The van der Waals surface area contributed by atoms with Gasteiger partial charge in [-0.1, -0.05) is 12.0 Å². The Kier molecular flexibility index (Phi) is 2.32. The molecule has 0 aliphatic carbocycles. The summed E-state index contributed by atoms with van der Waals surface area (Å²) in [6.07, 6.45) is 1.86. The molecule has 4 heteroatoms. The monoisotopic (exact) mass is 186 g/mol. The van der Waals surface area contributed by atoms with Gasteiger partial charge in [0.25, 0.3) is 0 Å². The molecule has 0 bridgehead atoms. The molecule has 2 heterocycles. The molecule has 0 radical (unpaired) electrons. The maximum absolute atomic E-state index is 4.26. The van der Waals surface area contributed by atoms with Crippen molar-refractivity contribution in [3.8, 4) is 11.8 Å². The van der Waals surface area contributed by atoms with Gasteiger partial charge in [0.15, 0.2) is 5.65 Å². The van der Waals surface area contributed by atoms with E-state index in [9.17, 15) is 0 Å². The fourth-order valence-corrected chi connectivity index (χ4v) is 1.12. The highest BCUT2D eigenvalue weighted by Crippen LogP contribution is 2.03. The predicted molar refractivity (Wildman–Crippen MR) is 54.9 cm³/mol. The second kappa shape index (κ2) is 3.79. The van der Waals surface area contributed by atoms with Crippen LogP contribution in [0.3, 0.4) is 0 Å². The third-order valence-electron chi connectivity index (χ3n) is 1.75. The maximum atomic E-state index is 4.26. The van der Waals surface area contributed by atoms with Gasteiger partial charge in [-0.3, -0.25) is 0 Å². The van der Waals surface area contributed by atoms with Crippen LogP contribution in [0, 0.1) is 11.8 Å². The fourth-order valence-electron chi connectivity index (χ4n) is 1.12. The Hall–Kier alpha value is -2.02. The van der Waals surface area contributed by atoms with Crippen molar-refractivity contribution in [1.29, 1.82) is 0 Å². The fraction of sp³-hybridized carbons (Fsp3) is 0.200. The molecule has 0 amide bonds. The van der Waals surface area contributed by atoms with Crippen molar-refractivity contribution in [2.75, 3.05) is 11.9 Å². The van der Waals surface area contributed by atoms with Crippen molar-refractivity contribution in [1.82, 2.24) is 14.6 Å². The molecule has 14 heavy (non-hydrogen) atoms. The second-order valence-electron chi connectivity index (χ2n) is 2.72. The highest BCUT2D eigenvalue weighted by atomic mass is 15.3. The lowest BCUT2D eigenvalue weighted by Gasteiger charge is -1.90. The van der Waals surface area contributed by atoms with E-state index in [0.29, 0.717) is 12.5 Å². The summed E-state index contributed by atoms with van der Waals surface area (Å²) >= 11 is 0. The molecule has 0 atom stereocenters. The number of aromatic nitrogens is 3. The molecule has 0 fully saturated rings. The van der Waals surface area contributed by atoms with Gasteiger partial charge >= 0.3 is 0 Å². The highest BCUT2D eigenvalue weighted by molar-refractivity contribution is 5.43. The topological polar surface area (TPSA) is 42.2 Å². The quantitative estimate of drug-likeness (QED) is 0.716. The molecule has 0 saturated heterocycles. The number of nitrogens with one attached hydrogen (secondary N) is 1. The van der Waals surface area contributed by atoms with Gasteiger partial charge < -0.3 is 5.32 Å². The van der Waals surface area contributed by atoms with Crippen LogP contribution in [0.2, 0.25) is 0 Å². The van der Waals surface area contributed by atoms with Gasteiger partial charge in [0.2, 0.25) is 5.95 Å². The number of hydrogen-bond acceptors (Lipinski definition) is 3. The number of fused-ring (bicyclic) bond motifs is 1. The van der Waals surface area contributed by atoms with E-state index in [4.69, 9.17) is 0 Å². The SMILES string of the molecule is CC#CCNc1nc2ccccn2n1. The van der Waals surface area contributed by atoms with Crippen molar-refractivity contribution in [3.05, 3.63) is 24.4 Å². The van der Waals surface area contributed by atoms with Crippen LogP contribution in [-0.2, 0) is 0 Å². The number of nitrogens with zero attached hydrogens (tertiary/aromatic N) is 3. The summed E-state index contributed by atoms with van der Waals surface area (Å²) in [6.45, 7) is 2.38. The van der Waals surface area contributed by atoms with Gasteiger partial charge in [-0.05, 0) is 19.1 Å². The molecule has 0 saturated carbocycles. The van der Waals surface area contributed by atoms with E-state index in [-0.39, 0.29) is 0 Å². The van der Waals surface area contributed by atoms with Gasteiger partial charge in [-0.15, -0.1) is 11.0 Å². The molecule has 0 aliphatic heterocycles. The largest absolute Gasteiger partial charge is 0.342 e. The smallest absolute Gasteiger partial charge is 0.243 e. The summed E-state index contributed by atoms with van der Waals surface area (Å²) in [5.74, 6) is 6.30. The lowest BCUT2D eigenvalue weighted by molar-refractivity contribution is 0.960. The maximum Gasteiger partial charge on any atom is 0.243 e. The Bertz CT molecular complexity index is 456. The van der Waals surface area contributed by atoms with Gasteiger partial charge in [0.1, 0.15) is 0 Å². The first-order valence-electron chi connectivity index (χ1n) is 4.35. The number of pyridine rings is 1. The normalized spacial score (nSPS) is 9.50. The van der Waals surface area contributed by atoms with Gasteiger partial charge in [-0.25, -0.2) is 4.52 Å².